The van der Waals surface area contributed by atoms with E-state index in [1.165, 1.54) is 30.8 Å². The van der Waals surface area contributed by atoms with Crippen LogP contribution in [-0.2, 0) is 10.1 Å². The Hall–Kier alpha value is -2.29. The number of hydrogen-bond acceptors (Lipinski definition) is 5. The molecule has 26 heavy (non-hydrogen) atoms. The number of ether oxygens (including phenoxy) is 1. The van der Waals surface area contributed by atoms with Crippen LogP contribution in [0.15, 0.2) is 48.0 Å². The van der Waals surface area contributed by atoms with Crippen molar-refractivity contribution in [2.24, 2.45) is 0 Å². The van der Waals surface area contributed by atoms with Crippen LogP contribution in [0.3, 0.4) is 0 Å². The molecule has 2 aromatic rings. The first-order valence-corrected chi connectivity index (χ1v) is 9.41. The van der Waals surface area contributed by atoms with E-state index in [2.05, 4.69) is 16.5 Å². The van der Waals surface area contributed by atoms with Gasteiger partial charge >= 0.3 is 0 Å². The van der Waals surface area contributed by atoms with Gasteiger partial charge in [-0.05, 0) is 31.5 Å². The Morgan fingerprint density at radius 2 is 2.00 bits per heavy atom. The summed E-state index contributed by atoms with van der Waals surface area (Å²) in [5, 5.41) is 0. The Morgan fingerprint density at radius 1 is 1.35 bits per heavy atom. The summed E-state index contributed by atoms with van der Waals surface area (Å²) in [6.07, 6.45) is 4.05. The highest BCUT2D eigenvalue weighted by molar-refractivity contribution is 7.85. The molecule has 140 valence electrons. The maximum atomic E-state index is 13.0. The maximum absolute atomic E-state index is 13.0. The molecule has 1 fully saturated rings. The number of hydrogen-bond donors (Lipinski definition) is 1. The normalized spacial score (nSPS) is 14.0. The Labute approximate surface area is 152 Å². The van der Waals surface area contributed by atoms with Crippen molar-refractivity contribution in [2.45, 2.75) is 18.2 Å². The summed E-state index contributed by atoms with van der Waals surface area (Å²) in [6.45, 7) is 8.04. The van der Waals surface area contributed by atoms with E-state index in [-0.39, 0.29) is 4.90 Å². The van der Waals surface area contributed by atoms with Crippen molar-refractivity contribution in [2.75, 3.05) is 19.8 Å². The van der Waals surface area contributed by atoms with E-state index >= 15 is 0 Å². The standard InChI is InChI=1S/C11H13FN2O.C7H8O3S/c1-2-9-6-10(7-13-11(9)12)15-8-14-4-3-5-14;1-6-2-4-7(5-3-6)11(8,9)10/h2,6-7H,1,3-5,8H2;2-5H,1H3,(H,8,9,10). The van der Waals surface area contributed by atoms with Crippen LogP contribution in [0.2, 0.25) is 0 Å². The molecule has 8 heteroatoms. The minimum Gasteiger partial charge on any atom is -0.477 e. The molecule has 0 bridgehead atoms. The molecule has 0 spiro atoms. The first kappa shape index (κ1) is 20.0. The summed E-state index contributed by atoms with van der Waals surface area (Å²) in [7, 11) is -4.02. The van der Waals surface area contributed by atoms with Gasteiger partial charge in [0.05, 0.1) is 11.1 Å². The van der Waals surface area contributed by atoms with E-state index in [0.29, 0.717) is 18.0 Å². The van der Waals surface area contributed by atoms with E-state index in [1.54, 1.807) is 18.2 Å². The molecule has 0 atom stereocenters. The molecule has 3 rings (SSSR count). The lowest BCUT2D eigenvalue weighted by Crippen LogP contribution is -2.39. The lowest BCUT2D eigenvalue weighted by atomic mass is 10.2. The Morgan fingerprint density at radius 3 is 2.50 bits per heavy atom. The molecule has 1 aromatic heterocycles. The third-order valence-electron chi connectivity index (χ3n) is 3.74. The molecule has 0 saturated carbocycles. The van der Waals surface area contributed by atoms with Crippen LogP contribution < -0.4 is 4.74 Å². The number of pyridine rings is 1. The highest BCUT2D eigenvalue weighted by Gasteiger charge is 2.14. The van der Waals surface area contributed by atoms with Gasteiger partial charge in [0.15, 0.2) is 0 Å². The fourth-order valence-electron chi connectivity index (χ4n) is 2.05. The fourth-order valence-corrected chi connectivity index (χ4v) is 2.53. The van der Waals surface area contributed by atoms with Gasteiger partial charge in [0.1, 0.15) is 12.5 Å². The van der Waals surface area contributed by atoms with Gasteiger partial charge in [0.2, 0.25) is 5.95 Å². The van der Waals surface area contributed by atoms with Crippen molar-refractivity contribution in [3.8, 4) is 5.75 Å². The van der Waals surface area contributed by atoms with E-state index in [9.17, 15) is 12.8 Å². The van der Waals surface area contributed by atoms with Gasteiger partial charge in [-0.25, -0.2) is 4.98 Å². The van der Waals surface area contributed by atoms with Gasteiger partial charge < -0.3 is 4.74 Å². The van der Waals surface area contributed by atoms with Crippen LogP contribution in [0.5, 0.6) is 5.75 Å². The van der Waals surface area contributed by atoms with Gasteiger partial charge in [-0.2, -0.15) is 12.8 Å². The van der Waals surface area contributed by atoms with Gasteiger partial charge in [-0.3, -0.25) is 9.45 Å². The molecule has 1 saturated heterocycles. The van der Waals surface area contributed by atoms with Crippen LogP contribution in [0.1, 0.15) is 17.5 Å². The van der Waals surface area contributed by atoms with Crippen molar-refractivity contribution in [3.63, 3.8) is 0 Å². The number of aryl methyl sites for hydroxylation is 1. The number of aromatic nitrogens is 1. The monoisotopic (exact) mass is 380 g/mol. The highest BCUT2D eigenvalue weighted by Crippen LogP contribution is 2.16. The largest absolute Gasteiger partial charge is 0.477 e. The average Bonchev–Trinajstić information content (AvgIpc) is 2.55. The lowest BCUT2D eigenvalue weighted by molar-refractivity contribution is 0.0727. The molecule has 6 nitrogen and oxygen atoms in total. The molecule has 1 aromatic carbocycles. The zero-order valence-electron chi connectivity index (χ0n) is 14.4. The van der Waals surface area contributed by atoms with Crippen LogP contribution in [0.4, 0.5) is 4.39 Å². The summed E-state index contributed by atoms with van der Waals surface area (Å²) in [5.41, 5.74) is 1.33. The molecule has 2 heterocycles. The molecule has 0 amide bonds. The van der Waals surface area contributed by atoms with E-state index < -0.39 is 16.1 Å². The second-order valence-electron chi connectivity index (χ2n) is 5.79. The topological polar surface area (TPSA) is 79.7 Å². The second kappa shape index (κ2) is 8.88. The van der Waals surface area contributed by atoms with Crippen LogP contribution >= 0.6 is 0 Å². The first-order valence-electron chi connectivity index (χ1n) is 7.97. The smallest absolute Gasteiger partial charge is 0.294 e. The zero-order valence-corrected chi connectivity index (χ0v) is 15.2. The predicted molar refractivity (Wildman–Crippen MR) is 97.0 cm³/mol. The minimum absolute atomic E-state index is 0.0666. The summed E-state index contributed by atoms with van der Waals surface area (Å²) in [6, 6.07) is 7.59. The molecule has 0 radical (unpaired) electrons. The second-order valence-corrected chi connectivity index (χ2v) is 7.21. The van der Waals surface area contributed by atoms with E-state index in [1.807, 2.05) is 6.92 Å². The van der Waals surface area contributed by atoms with Gasteiger partial charge in [-0.1, -0.05) is 30.4 Å². The fraction of sp³-hybridized carbons (Fsp3) is 0.278. The van der Waals surface area contributed by atoms with Crippen molar-refractivity contribution in [3.05, 3.63) is 60.2 Å². The zero-order chi connectivity index (χ0) is 19.2. The first-order chi connectivity index (χ1) is 12.3. The van der Waals surface area contributed by atoms with Crippen molar-refractivity contribution < 1.29 is 22.1 Å². The van der Waals surface area contributed by atoms with Crippen LogP contribution in [0, 0.1) is 12.9 Å². The molecule has 1 aliphatic heterocycles. The van der Waals surface area contributed by atoms with Gasteiger partial charge in [0, 0.05) is 18.7 Å². The Kier molecular flexibility index (Phi) is 6.84. The highest BCUT2D eigenvalue weighted by atomic mass is 32.2. The third-order valence-corrected chi connectivity index (χ3v) is 4.61. The van der Waals surface area contributed by atoms with E-state index in [4.69, 9.17) is 9.29 Å². The maximum Gasteiger partial charge on any atom is 0.294 e. The number of halogens is 1. The van der Waals surface area contributed by atoms with Crippen LogP contribution in [-0.4, -0.2) is 42.7 Å². The number of nitrogens with zero attached hydrogens (tertiary/aromatic N) is 2. The number of likely N-dealkylation sites (tertiary alicyclic amines) is 1. The van der Waals surface area contributed by atoms with E-state index in [0.717, 1.165) is 18.7 Å². The number of benzene rings is 1. The van der Waals surface area contributed by atoms with Crippen LogP contribution in [0.25, 0.3) is 6.08 Å². The molecule has 1 aliphatic rings. The predicted octanol–water partition coefficient (Wildman–Crippen LogP) is 3.15. The Bertz CT molecular complexity index is 850. The number of rotatable bonds is 5. The van der Waals surface area contributed by atoms with Crippen molar-refractivity contribution in [1.82, 2.24) is 9.88 Å². The summed E-state index contributed by atoms with van der Waals surface area (Å²) in [4.78, 5) is 5.69. The Balaban J connectivity index is 0.000000197. The molecule has 1 N–H and O–H groups in total. The summed E-state index contributed by atoms with van der Waals surface area (Å²) < 4.78 is 48.0. The molecular weight excluding hydrogens is 359 g/mol. The SMILES string of the molecule is C=Cc1cc(OCN2CCC2)cnc1F.Cc1ccc(S(=O)(=O)O)cc1. The quantitative estimate of drug-likeness (QED) is 0.634. The molecular formula is C18H21FN2O4S. The molecule has 0 unspecified atom stereocenters. The van der Waals surface area contributed by atoms with Gasteiger partial charge in [0.25, 0.3) is 10.1 Å². The summed E-state index contributed by atoms with van der Waals surface area (Å²) >= 11 is 0. The van der Waals surface area contributed by atoms with Crippen molar-refractivity contribution in [1.29, 1.82) is 0 Å². The van der Waals surface area contributed by atoms with Crippen molar-refractivity contribution >= 4 is 16.2 Å². The van der Waals surface area contributed by atoms with Gasteiger partial charge in [-0.15, -0.1) is 0 Å². The third kappa shape index (κ3) is 5.91. The lowest BCUT2D eigenvalue weighted by Gasteiger charge is -2.30. The minimum atomic E-state index is -4.02. The summed E-state index contributed by atoms with van der Waals surface area (Å²) in [5.74, 6) is 0.0690. The molecule has 0 aliphatic carbocycles. The average molecular weight is 380 g/mol.